The number of aliphatic hydroxyl groups excluding tert-OH is 1. The topological polar surface area (TPSA) is 92.9 Å². The van der Waals surface area contributed by atoms with Crippen molar-refractivity contribution in [3.63, 3.8) is 0 Å². The van der Waals surface area contributed by atoms with Crippen molar-refractivity contribution in [1.82, 2.24) is 4.98 Å². The normalized spacial score (nSPS) is 16.0. The second kappa shape index (κ2) is 7.94. The molecule has 0 aliphatic carbocycles. The lowest BCUT2D eigenvalue weighted by Crippen LogP contribution is -2.31. The van der Waals surface area contributed by atoms with E-state index in [1.54, 1.807) is 54.9 Å². The minimum absolute atomic E-state index is 0.00833. The smallest absolute Gasteiger partial charge is 0.294 e. The van der Waals surface area contributed by atoms with Crippen LogP contribution in [0, 0.1) is 6.92 Å². The number of ketones is 1. The van der Waals surface area contributed by atoms with Crippen LogP contribution in [-0.4, -0.2) is 28.9 Å². The highest BCUT2D eigenvalue weighted by Crippen LogP contribution is 2.42. The van der Waals surface area contributed by atoms with E-state index in [2.05, 4.69) is 4.98 Å². The van der Waals surface area contributed by atoms with Gasteiger partial charge < -0.3 is 14.3 Å². The molecule has 5 rings (SSSR count). The molecule has 0 bridgehead atoms. The summed E-state index contributed by atoms with van der Waals surface area (Å²) in [5.74, 6) is -1.33. The van der Waals surface area contributed by atoms with E-state index >= 15 is 0 Å². The van der Waals surface area contributed by atoms with E-state index in [9.17, 15) is 14.7 Å². The molecule has 4 aromatic rings. The Morgan fingerprint density at radius 1 is 1.09 bits per heavy atom. The van der Waals surface area contributed by atoms with E-state index < -0.39 is 23.5 Å². The van der Waals surface area contributed by atoms with Crippen molar-refractivity contribution >= 4 is 28.3 Å². The number of benzene rings is 2. The maximum Gasteiger partial charge on any atom is 0.294 e. The molecule has 2 aromatic carbocycles. The third-order valence-corrected chi connectivity index (χ3v) is 5.71. The fraction of sp³-hybridized carbons (Fsp3) is 0.115. The van der Waals surface area contributed by atoms with Gasteiger partial charge in [0.15, 0.2) is 22.9 Å². The van der Waals surface area contributed by atoms with E-state index in [0.29, 0.717) is 28.0 Å². The van der Waals surface area contributed by atoms with E-state index in [0.717, 1.165) is 5.56 Å². The molecule has 0 fully saturated rings. The number of hydrogen-bond donors (Lipinski definition) is 1. The Kier molecular flexibility index (Phi) is 4.94. The second-order valence-corrected chi connectivity index (χ2v) is 7.78. The van der Waals surface area contributed by atoms with Gasteiger partial charge in [0.25, 0.3) is 5.91 Å². The number of aryl methyl sites for hydroxylation is 1. The zero-order valence-electron chi connectivity index (χ0n) is 18.0. The number of carbonyl (C=O) groups is 2. The number of ether oxygens (including phenoxy) is 1. The molecule has 0 spiro atoms. The Morgan fingerprint density at radius 2 is 1.85 bits per heavy atom. The lowest BCUT2D eigenvalue weighted by atomic mass is 9.95. The molecule has 7 heteroatoms. The van der Waals surface area contributed by atoms with E-state index in [1.165, 1.54) is 12.0 Å². The van der Waals surface area contributed by atoms with E-state index in [-0.39, 0.29) is 11.3 Å². The zero-order valence-corrected chi connectivity index (χ0v) is 18.0. The number of methoxy groups -OCH3 is 1. The highest BCUT2D eigenvalue weighted by molar-refractivity contribution is 6.20. The molecule has 1 N–H and O–H groups in total. The highest BCUT2D eigenvalue weighted by atomic mass is 16.5. The lowest BCUT2D eigenvalue weighted by molar-refractivity contribution is -0.117. The summed E-state index contributed by atoms with van der Waals surface area (Å²) >= 11 is 0. The number of Topliss-reactive ketones (excluding diaryl/α,β-unsaturated/α-hetero) is 1. The Labute approximate surface area is 189 Å². The standard InChI is InChI=1S/C26H20N2O5/c1-15-5-3-7-18(13-15)28-22(16-9-11-27-12-10-16)21(24(30)26(28)31)23(29)20-14-17-6-4-8-19(32-2)25(17)33-20/h3-14,22,30H,1-2H3. The minimum Gasteiger partial charge on any atom is -0.503 e. The van der Waals surface area contributed by atoms with Gasteiger partial charge in [-0.1, -0.05) is 24.3 Å². The third-order valence-electron chi connectivity index (χ3n) is 5.71. The molecule has 0 radical (unpaired) electrons. The number of furan rings is 1. The van der Waals surface area contributed by atoms with Crippen LogP contribution in [0.4, 0.5) is 5.69 Å². The summed E-state index contributed by atoms with van der Waals surface area (Å²) < 4.78 is 11.2. The largest absolute Gasteiger partial charge is 0.503 e. The first kappa shape index (κ1) is 20.5. The van der Waals surface area contributed by atoms with Gasteiger partial charge in [0.1, 0.15) is 0 Å². The van der Waals surface area contributed by atoms with Crippen LogP contribution >= 0.6 is 0 Å². The first-order chi connectivity index (χ1) is 16.0. The molecule has 1 unspecified atom stereocenters. The number of nitrogens with zero attached hydrogens (tertiary/aromatic N) is 2. The van der Waals surface area contributed by atoms with Gasteiger partial charge in [0.2, 0.25) is 5.78 Å². The van der Waals surface area contributed by atoms with E-state index in [1.807, 2.05) is 25.1 Å². The summed E-state index contributed by atoms with van der Waals surface area (Å²) in [4.78, 5) is 32.3. The molecule has 0 saturated heterocycles. The number of carbonyl (C=O) groups excluding carboxylic acids is 2. The SMILES string of the molecule is COc1cccc2cc(C(=O)C3=C(O)C(=O)N(c4cccc(C)c4)C3c3ccncc3)oc12. The van der Waals surface area contributed by atoms with Gasteiger partial charge in [0.05, 0.1) is 18.7 Å². The van der Waals surface area contributed by atoms with Crippen LogP contribution in [0.15, 0.2) is 88.8 Å². The first-order valence-electron chi connectivity index (χ1n) is 10.3. The summed E-state index contributed by atoms with van der Waals surface area (Å²) in [6.07, 6.45) is 3.16. The van der Waals surface area contributed by atoms with Crippen LogP contribution in [0.3, 0.4) is 0 Å². The maximum atomic E-state index is 13.7. The molecule has 3 heterocycles. The van der Waals surface area contributed by atoms with Gasteiger partial charge >= 0.3 is 0 Å². The number of pyridine rings is 1. The number of fused-ring (bicyclic) bond motifs is 1. The van der Waals surface area contributed by atoms with Gasteiger partial charge in [-0.15, -0.1) is 0 Å². The monoisotopic (exact) mass is 440 g/mol. The van der Waals surface area contributed by atoms with Gasteiger partial charge in [-0.3, -0.25) is 19.5 Å². The van der Waals surface area contributed by atoms with Gasteiger partial charge in [-0.25, -0.2) is 0 Å². The summed E-state index contributed by atoms with van der Waals surface area (Å²) in [6, 6.07) is 16.8. The average molecular weight is 440 g/mol. The molecular weight excluding hydrogens is 420 g/mol. The molecular formula is C26H20N2O5. The summed E-state index contributed by atoms with van der Waals surface area (Å²) in [6.45, 7) is 1.91. The second-order valence-electron chi connectivity index (χ2n) is 7.78. The van der Waals surface area contributed by atoms with Gasteiger partial charge in [0, 0.05) is 23.5 Å². The number of aromatic nitrogens is 1. The van der Waals surface area contributed by atoms with Crippen LogP contribution < -0.4 is 9.64 Å². The van der Waals surface area contributed by atoms with Crippen molar-refractivity contribution in [2.75, 3.05) is 12.0 Å². The summed E-state index contributed by atoms with van der Waals surface area (Å²) in [5.41, 5.74) is 2.52. The lowest BCUT2D eigenvalue weighted by Gasteiger charge is -2.26. The Morgan fingerprint density at radius 3 is 2.58 bits per heavy atom. The number of aliphatic hydroxyl groups is 1. The van der Waals surface area contributed by atoms with Gasteiger partial charge in [-0.05, 0) is 54.4 Å². The Hall–Kier alpha value is -4.39. The first-order valence-corrected chi connectivity index (χ1v) is 10.3. The molecule has 164 valence electrons. The molecule has 1 atom stereocenters. The van der Waals surface area contributed by atoms with Crippen LogP contribution in [0.1, 0.15) is 27.7 Å². The molecule has 7 nitrogen and oxygen atoms in total. The minimum atomic E-state index is -0.843. The fourth-order valence-electron chi connectivity index (χ4n) is 4.18. The molecule has 1 aliphatic rings. The molecule has 0 saturated carbocycles. The van der Waals surface area contributed by atoms with Crippen molar-refractivity contribution in [3.8, 4) is 5.75 Å². The summed E-state index contributed by atoms with van der Waals surface area (Å²) in [5, 5.41) is 11.6. The van der Waals surface area contributed by atoms with Gasteiger partial charge in [-0.2, -0.15) is 0 Å². The zero-order chi connectivity index (χ0) is 23.1. The number of hydrogen-bond acceptors (Lipinski definition) is 6. The summed E-state index contributed by atoms with van der Waals surface area (Å²) in [7, 11) is 1.52. The molecule has 2 aromatic heterocycles. The molecule has 1 amide bonds. The third kappa shape index (κ3) is 3.34. The predicted octanol–water partition coefficient (Wildman–Crippen LogP) is 4.93. The highest BCUT2D eigenvalue weighted by Gasteiger charge is 2.45. The van der Waals surface area contributed by atoms with Crippen molar-refractivity contribution in [2.24, 2.45) is 0 Å². The average Bonchev–Trinajstić information content (AvgIpc) is 3.38. The quantitative estimate of drug-likeness (QED) is 0.443. The number of para-hydroxylation sites is 1. The number of anilines is 1. The Bertz CT molecular complexity index is 1420. The van der Waals surface area contributed by atoms with Crippen molar-refractivity contribution in [3.05, 3.63) is 101 Å². The van der Waals surface area contributed by atoms with Crippen molar-refractivity contribution in [1.29, 1.82) is 0 Å². The van der Waals surface area contributed by atoms with Crippen LogP contribution in [0.2, 0.25) is 0 Å². The van der Waals surface area contributed by atoms with Crippen LogP contribution in [0.5, 0.6) is 5.75 Å². The van der Waals surface area contributed by atoms with Crippen LogP contribution in [0.25, 0.3) is 11.0 Å². The maximum absolute atomic E-state index is 13.7. The molecule has 1 aliphatic heterocycles. The predicted molar refractivity (Wildman–Crippen MR) is 122 cm³/mol. The number of rotatable bonds is 5. The van der Waals surface area contributed by atoms with Crippen LogP contribution in [-0.2, 0) is 4.79 Å². The molecule has 33 heavy (non-hydrogen) atoms. The van der Waals surface area contributed by atoms with Crippen molar-refractivity contribution < 1.29 is 23.8 Å². The van der Waals surface area contributed by atoms with Crippen molar-refractivity contribution in [2.45, 2.75) is 13.0 Å². The fourth-order valence-corrected chi connectivity index (χ4v) is 4.18. The number of amides is 1. The Balaban J connectivity index is 1.66. The van der Waals surface area contributed by atoms with E-state index in [4.69, 9.17) is 9.15 Å².